The van der Waals surface area contributed by atoms with Gasteiger partial charge in [-0.2, -0.15) is 20.2 Å². The first-order chi connectivity index (χ1) is 37.9. The molecule has 0 aliphatic carbocycles. The predicted molar refractivity (Wildman–Crippen MR) is 315 cm³/mol. The Morgan fingerprint density at radius 3 is 1.44 bits per heavy atom. The van der Waals surface area contributed by atoms with Crippen LogP contribution in [0.1, 0.15) is 141 Å². The Morgan fingerprint density at radius 2 is 1.06 bits per heavy atom. The second kappa shape index (κ2) is 24.1. The van der Waals surface area contributed by atoms with Gasteiger partial charge in [0.2, 0.25) is 0 Å². The number of ether oxygens (including phenoxy) is 2. The van der Waals surface area contributed by atoms with Crippen LogP contribution in [0.15, 0.2) is 56.7 Å². The van der Waals surface area contributed by atoms with E-state index >= 15 is 0 Å². The van der Waals surface area contributed by atoms with E-state index in [4.69, 9.17) is 45.1 Å². The Kier molecular flexibility index (Phi) is 18.9. The normalized spacial score (nSPS) is 30.3. The van der Waals surface area contributed by atoms with Crippen LogP contribution in [-0.2, 0) is 45.1 Å². The van der Waals surface area contributed by atoms with E-state index in [0.29, 0.717) is 31.1 Å². The van der Waals surface area contributed by atoms with Crippen molar-refractivity contribution in [2.24, 2.45) is 4.99 Å². The first-order valence-electron chi connectivity index (χ1n) is 29.0. The number of H-pyrrole nitrogens is 1. The van der Waals surface area contributed by atoms with Crippen LogP contribution in [0.25, 0.3) is 5.82 Å². The summed E-state index contributed by atoms with van der Waals surface area (Å²) in [5, 5.41) is 7.68. The molecule has 7 aliphatic heterocycles. The molecule has 3 aromatic heterocycles. The van der Waals surface area contributed by atoms with E-state index < -0.39 is 99.3 Å². The highest BCUT2D eigenvalue weighted by Crippen LogP contribution is 2.55. The minimum Gasteiger partial charge on any atom is -0.414 e. The highest BCUT2D eigenvalue weighted by Gasteiger charge is 2.71. The van der Waals surface area contributed by atoms with Gasteiger partial charge in [0.15, 0.2) is 30.5 Å². The van der Waals surface area contributed by atoms with Crippen LogP contribution in [-0.4, -0.2) is 160 Å². The second-order valence-electron chi connectivity index (χ2n) is 25.5. The van der Waals surface area contributed by atoms with Crippen molar-refractivity contribution in [1.82, 2.24) is 44.0 Å². The van der Waals surface area contributed by atoms with E-state index in [1.807, 2.05) is 33.3 Å². The van der Waals surface area contributed by atoms with Crippen LogP contribution in [0.2, 0.25) is 44.3 Å². The quantitative estimate of drug-likeness (QED) is 0.180. The van der Waals surface area contributed by atoms with Crippen LogP contribution in [0, 0.1) is 13.8 Å². The topological polar surface area (TPSA) is 232 Å². The maximum atomic E-state index is 13.5. The number of nitrogens with zero attached hydrogens (tertiary/aromatic N) is 9. The number of hydroxylamine groups is 4. The van der Waals surface area contributed by atoms with Gasteiger partial charge in [-0.25, -0.2) is 19.3 Å². The van der Waals surface area contributed by atoms with Crippen molar-refractivity contribution in [2.45, 2.75) is 223 Å². The van der Waals surface area contributed by atoms with Crippen molar-refractivity contribution in [3.63, 3.8) is 0 Å². The number of rotatable bonds is 11. The molecule has 0 saturated carbocycles. The van der Waals surface area contributed by atoms with Crippen LogP contribution in [0.3, 0.4) is 0 Å². The summed E-state index contributed by atoms with van der Waals surface area (Å²) in [5.41, 5.74) is -0.546. The summed E-state index contributed by atoms with van der Waals surface area (Å²) >= 11 is 0. The molecule has 1 N–H and O–H groups in total. The summed E-state index contributed by atoms with van der Waals surface area (Å²) in [6.07, 6.45) is 9.18. The lowest BCUT2D eigenvalue weighted by Crippen LogP contribution is -2.71. The third-order valence-electron chi connectivity index (χ3n) is 17.2. The number of nitrogens with one attached hydrogen (secondary N) is 1. The lowest BCUT2D eigenvalue weighted by Gasteiger charge is -2.55. The molecule has 23 nitrogen and oxygen atoms in total. The first kappa shape index (κ1) is 63.5. The van der Waals surface area contributed by atoms with Crippen molar-refractivity contribution < 1.29 is 45.1 Å². The molecule has 0 spiro atoms. The number of aromatic nitrogens is 7. The summed E-state index contributed by atoms with van der Waals surface area (Å²) in [7, 11) is -7.64. The number of likely N-dealkylation sites (N-methyl/N-ethyl adjacent to an activating group) is 2. The van der Waals surface area contributed by atoms with Gasteiger partial charge in [0, 0.05) is 56.5 Å². The molecule has 4 bridgehead atoms. The van der Waals surface area contributed by atoms with Crippen LogP contribution in [0.5, 0.6) is 0 Å². The Hall–Kier alpha value is -3.50. The maximum absolute atomic E-state index is 13.5. The van der Waals surface area contributed by atoms with Gasteiger partial charge in [-0.05, 0) is 58.2 Å². The monoisotopic (exact) mass is 1200 g/mol. The average molecular weight is 1200 g/mol. The molecule has 27 heteroatoms. The number of hydrogen-bond donors (Lipinski definition) is 1. The predicted octanol–water partition coefficient (Wildman–Crippen LogP) is 7.89. The molecule has 0 aromatic carbocycles. The third kappa shape index (κ3) is 11.5. The van der Waals surface area contributed by atoms with Gasteiger partial charge < -0.3 is 35.4 Å². The zero-order chi connectivity index (χ0) is 59.5. The molecule has 81 heavy (non-hydrogen) atoms. The van der Waals surface area contributed by atoms with E-state index in [-0.39, 0.29) is 50.9 Å². The Bertz CT molecular complexity index is 2880. The van der Waals surface area contributed by atoms with Gasteiger partial charge in [-0.3, -0.25) is 33.6 Å². The van der Waals surface area contributed by atoms with Crippen molar-refractivity contribution in [1.29, 1.82) is 0 Å². The van der Waals surface area contributed by atoms with Gasteiger partial charge in [0.05, 0.1) is 26.3 Å². The molecule has 452 valence electrons. The van der Waals surface area contributed by atoms with E-state index in [1.165, 1.54) is 32.7 Å². The van der Waals surface area contributed by atoms with Gasteiger partial charge in [0.1, 0.15) is 36.1 Å². The lowest BCUT2D eigenvalue weighted by molar-refractivity contribution is -0.257. The van der Waals surface area contributed by atoms with E-state index in [9.17, 15) is 14.4 Å². The molecule has 3 aromatic rings. The summed E-state index contributed by atoms with van der Waals surface area (Å²) in [5.74, 6) is 0.422. The maximum Gasteiger partial charge on any atom is 0.351 e. The standard InChI is InChI=1S/C26H44N6O6Si2.C24H43N3O7Si2.C4H5N/c1-16(2)39(17(3)4)34-13-26-12-30(10)36-21(22(26)37-40(38-39,18(5)6)19(7)8)24(35-26)31-11-20(9)23(29-25(31)33)32-15-27-14-28-32;1-14(2)35(15(3)4)30-13-24-12-26(10)32-19(20(24)33-36(34-35,16(5)6)17(7)8)22(31-24)27-11-18(9)21(28)25-23(27)29;1-2-4-5-3-1/h11,14-19,21-22,24H,12-13H2,1-10H3;11,14-17,19-20,22H,12-13H2,1-10H3,(H,25,28,29);1,3-4H,2H2/t21?,22-,24-,26-;19?,20-,22-,24-;/m11./s1. The molecule has 7 aliphatic rings. The fourth-order valence-corrected chi connectivity index (χ4v) is 35.7. The van der Waals surface area contributed by atoms with Crippen LogP contribution in [0.4, 0.5) is 0 Å². The van der Waals surface area contributed by atoms with Crippen LogP contribution < -0.4 is 16.9 Å². The van der Waals surface area contributed by atoms with Crippen molar-refractivity contribution in [3.05, 3.63) is 79.8 Å². The number of aryl methyl sites for hydroxylation is 2. The molecule has 10 rings (SSSR count). The number of allylic oxidation sites excluding steroid dienone is 1. The van der Waals surface area contributed by atoms with E-state index in [2.05, 4.69) is 136 Å². The SMILES string of the molecule is C1=CN=CC1.Cc1cn([C@@H]2O[C@]34CO[Si](C(C)C)(C(C)C)O[Si](C(C)C)(C(C)C)O[C@@H]3C2ON(C)C4)c(=O)[nH]c1=O.Cc1cn([C@@H]2O[C@]34CO[Si](C(C)C)(C(C)C)O[Si](C(C)C)(C(C)C)O[C@@H]3C2ON(C)C4)c(=O)nc1-n1cncn1. The molecule has 6 saturated heterocycles. The summed E-state index contributed by atoms with van der Waals surface area (Å²) in [4.78, 5) is 65.6. The van der Waals surface area contributed by atoms with Gasteiger partial charge in [0.25, 0.3) is 5.56 Å². The Balaban J connectivity index is 0.000000196. The van der Waals surface area contributed by atoms with Crippen LogP contribution >= 0.6 is 0 Å². The minimum atomic E-state index is -2.92. The highest BCUT2D eigenvalue weighted by atomic mass is 28.5. The summed E-state index contributed by atoms with van der Waals surface area (Å²) < 4.78 is 61.3. The average Bonchev–Trinajstić information content (AvgIpc) is 2.53. The first-order valence-corrected chi connectivity index (χ1v) is 36.9. The molecule has 0 radical (unpaired) electrons. The molecule has 8 atom stereocenters. The van der Waals surface area contributed by atoms with Crippen molar-refractivity contribution in [2.75, 3.05) is 40.4 Å². The summed E-state index contributed by atoms with van der Waals surface area (Å²) in [6, 6.07) is 0. The molecule has 10 heterocycles. The molecular weight excluding hydrogens is 1110 g/mol. The molecular formula is C54H92N10O13Si4. The van der Waals surface area contributed by atoms with Gasteiger partial charge >= 0.3 is 45.6 Å². The summed E-state index contributed by atoms with van der Waals surface area (Å²) in [6.45, 7) is 40.0. The minimum absolute atomic E-state index is 0.149. The third-order valence-corrected chi connectivity index (χ3v) is 37.7. The van der Waals surface area contributed by atoms with Crippen molar-refractivity contribution >= 4 is 40.5 Å². The Morgan fingerprint density at radius 1 is 0.617 bits per heavy atom. The lowest BCUT2D eigenvalue weighted by atomic mass is 9.94. The van der Waals surface area contributed by atoms with Gasteiger partial charge in [-0.1, -0.05) is 117 Å². The zero-order valence-electron chi connectivity index (χ0n) is 51.5. The Labute approximate surface area is 481 Å². The highest BCUT2D eigenvalue weighted by molar-refractivity contribution is 6.84. The fraction of sp³-hybridized carbons (Fsp3) is 0.759. The van der Waals surface area contributed by atoms with E-state index in [1.54, 1.807) is 29.4 Å². The van der Waals surface area contributed by atoms with Gasteiger partial charge in [-0.15, -0.1) is 0 Å². The second-order valence-corrected chi connectivity index (χ2v) is 43.2. The van der Waals surface area contributed by atoms with Crippen molar-refractivity contribution in [3.8, 4) is 5.82 Å². The molecule has 0 amide bonds. The number of hydrogen-bond acceptors (Lipinski definition) is 19. The molecule has 6 fully saturated rings. The largest absolute Gasteiger partial charge is 0.414 e. The van der Waals surface area contributed by atoms with E-state index in [0.717, 1.165) is 12.0 Å². The smallest absolute Gasteiger partial charge is 0.351 e. The fourth-order valence-electron chi connectivity index (χ4n) is 13.1. The number of aromatic amines is 1. The zero-order valence-corrected chi connectivity index (χ0v) is 55.5. The number of aliphatic imine (C=N–C) groups is 1. The molecule has 2 unspecified atom stereocenters.